The maximum atomic E-state index is 10.7. The van der Waals surface area contributed by atoms with Crippen LogP contribution >= 0.6 is 0 Å². The van der Waals surface area contributed by atoms with E-state index in [-0.39, 0.29) is 23.9 Å². The molecule has 2 unspecified atom stereocenters. The van der Waals surface area contributed by atoms with Crippen molar-refractivity contribution in [2.75, 3.05) is 11.9 Å². The molecule has 0 saturated heterocycles. The minimum atomic E-state index is -0.570. The van der Waals surface area contributed by atoms with Crippen molar-refractivity contribution in [2.24, 2.45) is 11.8 Å². The third-order valence-corrected chi connectivity index (χ3v) is 7.05. The zero-order valence-corrected chi connectivity index (χ0v) is 20.2. The molecule has 1 aliphatic heterocycles. The summed E-state index contributed by atoms with van der Waals surface area (Å²) in [6.45, 7) is 4.70. The van der Waals surface area contributed by atoms with Gasteiger partial charge in [0.15, 0.2) is 0 Å². The van der Waals surface area contributed by atoms with E-state index in [1.807, 2.05) is 44.2 Å². The Labute approximate surface area is 203 Å². The second kappa shape index (κ2) is 11.6. The second-order valence-corrected chi connectivity index (χ2v) is 9.48. The van der Waals surface area contributed by atoms with Gasteiger partial charge in [0.2, 0.25) is 0 Å². The van der Waals surface area contributed by atoms with Crippen LogP contribution in [-0.2, 0) is 6.42 Å². The number of para-hydroxylation sites is 1. The largest absolute Gasteiger partial charge is 0.489 e. The average molecular weight is 461 g/mol. The third-order valence-electron chi connectivity index (χ3n) is 7.05. The molecule has 5 nitrogen and oxygen atoms in total. The van der Waals surface area contributed by atoms with E-state index in [0.29, 0.717) is 12.8 Å². The Morgan fingerprint density at radius 3 is 2.91 bits per heavy atom. The van der Waals surface area contributed by atoms with Gasteiger partial charge in [0, 0.05) is 43.0 Å². The van der Waals surface area contributed by atoms with Crippen molar-refractivity contribution in [1.29, 1.82) is 0 Å². The molecule has 2 heterocycles. The van der Waals surface area contributed by atoms with E-state index in [1.54, 1.807) is 6.20 Å². The Hall–Kier alpha value is -2.81. The van der Waals surface area contributed by atoms with E-state index in [1.165, 1.54) is 11.1 Å². The van der Waals surface area contributed by atoms with E-state index in [4.69, 9.17) is 4.74 Å². The lowest BCUT2D eigenvalue weighted by Crippen LogP contribution is -2.19. The molecule has 1 fully saturated rings. The minimum Gasteiger partial charge on any atom is -0.489 e. The van der Waals surface area contributed by atoms with Crippen LogP contribution in [0.4, 0.5) is 5.82 Å². The first-order valence-electron chi connectivity index (χ1n) is 12.5. The van der Waals surface area contributed by atoms with Gasteiger partial charge in [-0.15, -0.1) is 11.8 Å². The van der Waals surface area contributed by atoms with Crippen LogP contribution < -0.4 is 10.1 Å². The van der Waals surface area contributed by atoms with E-state index in [2.05, 4.69) is 40.3 Å². The van der Waals surface area contributed by atoms with E-state index in [9.17, 15) is 10.2 Å². The maximum Gasteiger partial charge on any atom is 0.126 e. The Balaban J connectivity index is 1.37. The van der Waals surface area contributed by atoms with E-state index < -0.39 is 12.2 Å². The van der Waals surface area contributed by atoms with Crippen LogP contribution in [0.5, 0.6) is 5.75 Å². The molecular formula is C29H36N2O3. The molecule has 0 radical (unpaired) electrons. The molecule has 5 heteroatoms. The van der Waals surface area contributed by atoms with Gasteiger partial charge in [-0.1, -0.05) is 43.3 Å². The lowest BCUT2D eigenvalue weighted by molar-refractivity contribution is 0.134. The highest BCUT2D eigenvalue weighted by Gasteiger charge is 2.48. The monoisotopic (exact) mass is 460 g/mol. The lowest BCUT2D eigenvalue weighted by atomic mass is 9.86. The summed E-state index contributed by atoms with van der Waals surface area (Å²) in [6, 6.07) is 12.3. The topological polar surface area (TPSA) is 74.6 Å². The molecule has 0 spiro atoms. The minimum absolute atomic E-state index is 0.00727. The number of nitrogens with zero attached hydrogens (tertiary/aromatic N) is 1. The Morgan fingerprint density at radius 2 is 2.12 bits per heavy atom. The smallest absolute Gasteiger partial charge is 0.126 e. The highest BCUT2D eigenvalue weighted by Crippen LogP contribution is 2.52. The number of hydrogen-bond acceptors (Lipinski definition) is 5. The van der Waals surface area contributed by atoms with Crippen molar-refractivity contribution < 1.29 is 14.9 Å². The van der Waals surface area contributed by atoms with Gasteiger partial charge in [0.05, 0.1) is 12.2 Å². The lowest BCUT2D eigenvalue weighted by Gasteiger charge is -2.19. The number of ether oxygens (including phenoxy) is 1. The van der Waals surface area contributed by atoms with Crippen LogP contribution in [0.1, 0.15) is 56.6 Å². The molecule has 6 atom stereocenters. The van der Waals surface area contributed by atoms with Crippen LogP contribution in [0, 0.1) is 23.7 Å². The third kappa shape index (κ3) is 5.63. The number of hydrogen-bond donors (Lipinski definition) is 3. The van der Waals surface area contributed by atoms with Crippen LogP contribution in [0.25, 0.3) is 0 Å². The fourth-order valence-electron chi connectivity index (χ4n) is 5.10. The molecule has 1 aromatic carbocycles. The highest BCUT2D eigenvalue weighted by molar-refractivity contribution is 5.49. The van der Waals surface area contributed by atoms with Crippen LogP contribution in [0.3, 0.4) is 0 Å². The molecule has 4 rings (SSSR count). The number of unbranched alkanes of at least 4 members (excludes halogenated alkanes) is 1. The van der Waals surface area contributed by atoms with Gasteiger partial charge >= 0.3 is 0 Å². The standard InChI is InChI=1S/C29H36N2O3/c1-3-4-10-20(2)24(32)16-15-22-25(33)19-26-28(22)23-13-9-12-21(29(23)34-26)11-5-7-17-30-27-14-6-8-18-31-27/h6,8-9,12-16,18,20,22,24-26,28,32-33H,5,7,10-11,17,19H2,1-2H3,(H,30,31)/b16-15+/t20-,22+,24-,25-,26?,28?/m1/s1. The zero-order chi connectivity index (χ0) is 23.9. The van der Waals surface area contributed by atoms with Crippen molar-refractivity contribution in [2.45, 2.75) is 70.2 Å². The summed E-state index contributed by atoms with van der Waals surface area (Å²) in [7, 11) is 0. The van der Waals surface area contributed by atoms with Gasteiger partial charge in [-0.25, -0.2) is 4.98 Å². The number of aliphatic hydroxyl groups excluding tert-OH is 2. The average Bonchev–Trinajstić information content (AvgIpc) is 3.36. The predicted octanol–water partition coefficient (Wildman–Crippen LogP) is 4.71. The summed E-state index contributed by atoms with van der Waals surface area (Å²) in [5.74, 6) is 7.97. The molecule has 34 heavy (non-hydrogen) atoms. The number of aliphatic hydroxyl groups is 2. The molecule has 3 N–H and O–H groups in total. The first-order chi connectivity index (χ1) is 16.6. The maximum absolute atomic E-state index is 10.7. The number of pyridine rings is 1. The van der Waals surface area contributed by atoms with Crippen molar-refractivity contribution in [3.63, 3.8) is 0 Å². The van der Waals surface area contributed by atoms with Crippen LogP contribution in [0.2, 0.25) is 0 Å². The molecule has 1 saturated carbocycles. The molecule has 2 aliphatic rings. The summed E-state index contributed by atoms with van der Waals surface area (Å²) in [6.07, 6.45) is 8.96. The van der Waals surface area contributed by atoms with Crippen LogP contribution in [0.15, 0.2) is 54.7 Å². The van der Waals surface area contributed by atoms with Gasteiger partial charge in [0.25, 0.3) is 0 Å². The summed E-state index contributed by atoms with van der Waals surface area (Å²) >= 11 is 0. The molecule has 1 aliphatic carbocycles. The second-order valence-electron chi connectivity index (χ2n) is 9.48. The van der Waals surface area contributed by atoms with Gasteiger partial charge in [-0.3, -0.25) is 0 Å². The molecule has 0 amide bonds. The van der Waals surface area contributed by atoms with Crippen molar-refractivity contribution in [3.8, 4) is 17.6 Å². The summed E-state index contributed by atoms with van der Waals surface area (Å²) < 4.78 is 6.40. The number of aryl methyl sites for hydroxylation is 1. The fraction of sp³-hybridized carbons (Fsp3) is 0.483. The number of aromatic nitrogens is 1. The Bertz CT molecular complexity index is 1030. The number of nitrogens with one attached hydrogen (secondary N) is 1. The quantitative estimate of drug-likeness (QED) is 0.272. The fourth-order valence-corrected chi connectivity index (χ4v) is 5.10. The highest BCUT2D eigenvalue weighted by atomic mass is 16.5. The first kappa shape index (κ1) is 24.3. The Kier molecular flexibility index (Phi) is 8.26. The molecule has 0 bridgehead atoms. The van der Waals surface area contributed by atoms with Gasteiger partial charge in [-0.05, 0) is 49.8 Å². The van der Waals surface area contributed by atoms with E-state index in [0.717, 1.165) is 37.4 Å². The Morgan fingerprint density at radius 1 is 1.24 bits per heavy atom. The van der Waals surface area contributed by atoms with E-state index >= 15 is 0 Å². The first-order valence-corrected chi connectivity index (χ1v) is 12.5. The number of anilines is 1. The van der Waals surface area contributed by atoms with Crippen LogP contribution in [-0.4, -0.2) is 40.1 Å². The number of rotatable bonds is 10. The zero-order valence-electron chi connectivity index (χ0n) is 20.2. The van der Waals surface area contributed by atoms with Gasteiger partial charge < -0.3 is 20.3 Å². The van der Waals surface area contributed by atoms with Crippen molar-refractivity contribution in [3.05, 3.63) is 65.9 Å². The number of fused-ring (bicyclic) bond motifs is 3. The number of benzene rings is 1. The molecule has 2 aromatic rings. The normalized spacial score (nSPS) is 24.6. The molecule has 1 aromatic heterocycles. The van der Waals surface area contributed by atoms with Crippen molar-refractivity contribution >= 4 is 5.82 Å². The van der Waals surface area contributed by atoms with Gasteiger partial charge in [0.1, 0.15) is 17.7 Å². The molecular weight excluding hydrogens is 424 g/mol. The van der Waals surface area contributed by atoms with Crippen molar-refractivity contribution in [1.82, 2.24) is 4.98 Å². The summed E-state index contributed by atoms with van der Waals surface area (Å²) in [5, 5.41) is 24.6. The SMILES string of the molecule is CC#CC[C@@H](C)[C@H](O)/C=C/[C@@H]1C2c3cccc(CCCCNc4ccccn4)c3OC2C[C@H]1O. The summed E-state index contributed by atoms with van der Waals surface area (Å²) in [4.78, 5) is 4.30. The summed E-state index contributed by atoms with van der Waals surface area (Å²) in [5.41, 5.74) is 2.44. The molecule has 180 valence electrons. The predicted molar refractivity (Wildman–Crippen MR) is 136 cm³/mol. The van der Waals surface area contributed by atoms with Gasteiger partial charge in [-0.2, -0.15) is 0 Å².